The van der Waals surface area contributed by atoms with Crippen molar-refractivity contribution in [3.63, 3.8) is 0 Å². The molecule has 0 aliphatic heterocycles. The molecule has 0 amide bonds. The Morgan fingerprint density at radius 1 is 0.255 bits per heavy atom. The fourth-order valence-corrected chi connectivity index (χ4v) is 20.5. The Hall–Kier alpha value is -11.5. The molecule has 1 unspecified atom stereocenters. The lowest BCUT2D eigenvalue weighted by molar-refractivity contribution is 0.0997. The second-order valence-electron chi connectivity index (χ2n) is 33.9. The number of furan rings is 1. The molecule has 0 bridgehead atoms. The Morgan fingerprint density at radius 3 is 1.35 bits per heavy atom. The van der Waals surface area contributed by atoms with E-state index in [4.69, 9.17) is 4.42 Å². The van der Waals surface area contributed by atoms with Gasteiger partial charge in [0.2, 0.25) is 0 Å². The summed E-state index contributed by atoms with van der Waals surface area (Å²) < 4.78 is 11.6. The van der Waals surface area contributed by atoms with Gasteiger partial charge in [0.1, 0.15) is 11.2 Å². The number of benzene rings is 14. The van der Waals surface area contributed by atoms with Gasteiger partial charge in [0.15, 0.2) is 0 Å². The van der Waals surface area contributed by atoms with Crippen molar-refractivity contribution in [2.24, 2.45) is 10.8 Å². The summed E-state index contributed by atoms with van der Waals surface area (Å²) in [5, 5.41) is 7.34. The molecule has 3 heteroatoms. The fourth-order valence-electron chi connectivity index (χ4n) is 20.5. The van der Waals surface area contributed by atoms with Crippen LogP contribution in [0, 0.1) is 10.8 Å². The van der Waals surface area contributed by atoms with Crippen LogP contribution in [0.4, 0.5) is 0 Å². The lowest BCUT2D eigenvalue weighted by Gasteiger charge is -2.48. The maximum absolute atomic E-state index is 6.50. The van der Waals surface area contributed by atoms with E-state index in [1.54, 1.807) is 0 Å². The molecule has 1 atom stereocenters. The second kappa shape index (κ2) is 22.5. The number of fused-ring (bicyclic) bond motifs is 14. The molecule has 20 rings (SSSR count). The van der Waals surface area contributed by atoms with Crippen LogP contribution in [0.15, 0.2) is 314 Å². The van der Waals surface area contributed by atoms with Crippen molar-refractivity contribution < 1.29 is 4.42 Å². The van der Waals surface area contributed by atoms with Crippen LogP contribution in [0.2, 0.25) is 0 Å². The van der Waals surface area contributed by atoms with Gasteiger partial charge in [-0.25, -0.2) is 0 Å². The minimum atomic E-state index is -0.493. The molecule has 3 aromatic heterocycles. The van der Waals surface area contributed by atoms with E-state index in [0.29, 0.717) is 0 Å². The first-order valence-electron chi connectivity index (χ1n) is 38.1. The van der Waals surface area contributed by atoms with Gasteiger partial charge >= 0.3 is 0 Å². The average Bonchev–Trinajstić information content (AvgIpc) is 1.53. The Balaban J connectivity index is 0.710. The maximum Gasteiger partial charge on any atom is 0.136 e. The highest BCUT2D eigenvalue weighted by molar-refractivity contribution is 6.13. The molecular weight excluding hydrogens is 1280 g/mol. The maximum atomic E-state index is 6.50. The number of nitrogens with zero attached hydrogens (tertiary/aromatic N) is 2. The van der Waals surface area contributed by atoms with E-state index in [0.717, 1.165) is 45.3 Å². The molecule has 514 valence electrons. The third-order valence-corrected chi connectivity index (χ3v) is 28.0. The summed E-state index contributed by atoms with van der Waals surface area (Å²) in [7, 11) is 0. The van der Waals surface area contributed by atoms with Gasteiger partial charge in [0.25, 0.3) is 0 Å². The zero-order valence-corrected chi connectivity index (χ0v) is 62.5. The molecule has 0 fully saturated rings. The van der Waals surface area contributed by atoms with Crippen LogP contribution in [-0.4, -0.2) is 9.13 Å². The van der Waals surface area contributed by atoms with Crippen LogP contribution in [0.5, 0.6) is 0 Å². The van der Waals surface area contributed by atoms with E-state index in [-0.39, 0.29) is 32.5 Å². The third kappa shape index (κ3) is 8.75. The molecule has 3 nitrogen and oxygen atoms in total. The summed E-state index contributed by atoms with van der Waals surface area (Å²) in [6.45, 7) is 27.5. The lowest BCUT2D eigenvalue weighted by atomic mass is 9.55. The first-order chi connectivity index (χ1) is 51.2. The highest BCUT2D eigenvalue weighted by Crippen LogP contribution is 2.66. The summed E-state index contributed by atoms with van der Waals surface area (Å²) in [4.78, 5) is 0. The van der Waals surface area contributed by atoms with Crippen LogP contribution < -0.4 is 0 Å². The molecule has 0 spiro atoms. The van der Waals surface area contributed by atoms with E-state index < -0.39 is 5.41 Å². The van der Waals surface area contributed by atoms with Crippen molar-refractivity contribution >= 4 is 65.6 Å². The van der Waals surface area contributed by atoms with Crippen molar-refractivity contribution in [1.29, 1.82) is 0 Å². The molecular formula is C103H86N2O. The molecule has 3 aliphatic rings. The van der Waals surface area contributed by atoms with Gasteiger partial charge in [0.05, 0.1) is 27.5 Å². The third-order valence-electron chi connectivity index (χ3n) is 28.0. The molecule has 106 heavy (non-hydrogen) atoms. The zero-order chi connectivity index (χ0) is 72.2. The summed E-state index contributed by atoms with van der Waals surface area (Å²) in [5.41, 5.74) is 32.0. The zero-order valence-electron chi connectivity index (χ0n) is 62.5. The first-order valence-corrected chi connectivity index (χ1v) is 38.1. The van der Waals surface area contributed by atoms with Gasteiger partial charge in [-0.05, 0) is 248 Å². The lowest BCUT2D eigenvalue weighted by Crippen LogP contribution is -2.46. The first kappa shape index (κ1) is 64.1. The molecule has 0 saturated heterocycles. The van der Waals surface area contributed by atoms with Crippen molar-refractivity contribution in [1.82, 2.24) is 9.13 Å². The van der Waals surface area contributed by atoms with E-state index in [1.807, 2.05) is 0 Å². The smallest absolute Gasteiger partial charge is 0.136 e. The van der Waals surface area contributed by atoms with Crippen LogP contribution in [0.1, 0.15) is 126 Å². The van der Waals surface area contributed by atoms with Crippen LogP contribution in [0.3, 0.4) is 0 Å². The van der Waals surface area contributed by atoms with Crippen LogP contribution in [-0.2, 0) is 33.5 Å². The number of para-hydroxylation sites is 2. The van der Waals surface area contributed by atoms with Crippen molar-refractivity contribution in [2.75, 3.05) is 0 Å². The Labute approximate surface area is 622 Å². The van der Waals surface area contributed by atoms with Gasteiger partial charge in [-0.15, -0.1) is 0 Å². The van der Waals surface area contributed by atoms with Crippen molar-refractivity contribution in [3.05, 3.63) is 359 Å². The number of rotatable bonds is 10. The van der Waals surface area contributed by atoms with Crippen LogP contribution in [0.25, 0.3) is 133 Å². The number of hydrogen-bond acceptors (Lipinski definition) is 1. The Kier molecular flexibility index (Phi) is 13.6. The van der Waals surface area contributed by atoms with Gasteiger partial charge in [-0.1, -0.05) is 282 Å². The SMILES string of the molecule is CC1(C)c2cc3c4cc(-c5ccc6c(c5)oc5ccccc56)ccc4n(-c4cc(-c5ccccc5)cc(-c5cccc(CC6(C)C(C)(C)c7cc8c9cc(-c%10ccc%11c(c%10)C(c%10ccccc%10)(c%10ccccc%10)c%10ccccc%10-%11)ccc9n(-c9ccccc9)c8cc7C6(C)C)c5)c4)c3cc2C(C)(C)C1(C)C. The molecule has 0 radical (unpaired) electrons. The quantitative estimate of drug-likeness (QED) is 0.134. The molecule has 3 aliphatic carbocycles. The molecule has 3 heterocycles. The van der Waals surface area contributed by atoms with Crippen molar-refractivity contribution in [2.45, 2.75) is 110 Å². The molecule has 14 aromatic carbocycles. The Morgan fingerprint density at radius 2 is 0.708 bits per heavy atom. The predicted molar refractivity (Wildman–Crippen MR) is 446 cm³/mol. The summed E-state index contributed by atoms with van der Waals surface area (Å²) in [6, 6.07) is 117. The summed E-state index contributed by atoms with van der Waals surface area (Å²) in [5.74, 6) is 0. The van der Waals surface area contributed by atoms with Gasteiger partial charge in [-0.2, -0.15) is 0 Å². The normalized spacial score (nSPS) is 17.5. The number of aromatic nitrogens is 2. The molecule has 0 N–H and O–H groups in total. The number of hydrogen-bond donors (Lipinski definition) is 0. The van der Waals surface area contributed by atoms with Gasteiger partial charge in [0, 0.05) is 43.7 Å². The minimum absolute atomic E-state index is 0.00892. The monoisotopic (exact) mass is 1370 g/mol. The highest BCUT2D eigenvalue weighted by atomic mass is 16.3. The van der Waals surface area contributed by atoms with E-state index >= 15 is 0 Å². The standard InChI is InChI=1S/C103H86N2O/c1-97(2)87-59-83-82-56-68(70-44-48-80-79-40-25-27-42-95(79)106-96(80)58-70)46-50-92(82)105(94(83)61-89(87)98(3,4)101(97,9)10)76-53-71(65-30-16-12-17-31-65)52-72(54-76)66-32-28-29-64(51-66)63-102(11)99(5,6)88-60-84-81-55-67(45-49-91(81)104(75-37-22-15-23-38-75)93(84)62-90(88)100(102,7)8)69-43-47-78-77-39-24-26-41-85(77)103(86(78)57-69,73-33-18-13-19-34-73)74-35-20-14-21-36-74/h12-62H,63H2,1-11H3. The fraction of sp³-hybridized carbons (Fsp3) is 0.184. The topological polar surface area (TPSA) is 23.0 Å². The largest absolute Gasteiger partial charge is 0.456 e. The van der Waals surface area contributed by atoms with E-state index in [1.165, 1.54) is 144 Å². The molecule has 17 aromatic rings. The van der Waals surface area contributed by atoms with E-state index in [2.05, 4.69) is 395 Å². The minimum Gasteiger partial charge on any atom is -0.456 e. The second-order valence-corrected chi connectivity index (χ2v) is 33.9. The summed E-state index contributed by atoms with van der Waals surface area (Å²) >= 11 is 0. The highest BCUT2D eigenvalue weighted by Gasteiger charge is 2.60. The van der Waals surface area contributed by atoms with Gasteiger partial charge < -0.3 is 13.6 Å². The predicted octanol–water partition coefficient (Wildman–Crippen LogP) is 27.2. The van der Waals surface area contributed by atoms with E-state index in [9.17, 15) is 0 Å². The van der Waals surface area contributed by atoms with Crippen molar-refractivity contribution in [3.8, 4) is 67.0 Å². The summed E-state index contributed by atoms with van der Waals surface area (Å²) in [6.07, 6.45) is 0.885. The van der Waals surface area contributed by atoms with Gasteiger partial charge in [-0.3, -0.25) is 0 Å². The Bertz CT molecular complexity index is 6470. The molecule has 0 saturated carbocycles. The van der Waals surface area contributed by atoms with Crippen LogP contribution >= 0.6 is 0 Å². The average molecular weight is 1370 g/mol.